The Morgan fingerprint density at radius 2 is 1.91 bits per heavy atom. The first-order valence-corrected chi connectivity index (χ1v) is 11.8. The smallest absolute Gasteiger partial charge is 0.255 e. The predicted molar refractivity (Wildman–Crippen MR) is 135 cm³/mol. The molecule has 0 spiro atoms. The molecule has 7 nitrogen and oxygen atoms in total. The number of aromatic nitrogens is 1. The van der Waals surface area contributed by atoms with Crippen molar-refractivity contribution in [2.75, 3.05) is 16.4 Å². The number of carbonyl (C=O) groups excluding carboxylic acids is 1. The third kappa shape index (κ3) is 5.98. The van der Waals surface area contributed by atoms with E-state index < -0.39 is 0 Å². The maximum atomic E-state index is 12.9. The van der Waals surface area contributed by atoms with Crippen molar-refractivity contribution in [1.29, 1.82) is 0 Å². The molecule has 0 aliphatic heterocycles. The number of nitrogens with two attached hydrogens (primary N) is 1. The van der Waals surface area contributed by atoms with Gasteiger partial charge in [-0.3, -0.25) is 4.79 Å². The molecule has 2 aromatic carbocycles. The number of nitrogens with zero attached hydrogens (tertiary/aromatic N) is 1. The predicted octanol–water partition coefficient (Wildman–Crippen LogP) is 5.42. The summed E-state index contributed by atoms with van der Waals surface area (Å²) in [4.78, 5) is 16.9. The number of carbonyl (C=O) groups is 1. The number of anilines is 3. The highest BCUT2D eigenvalue weighted by Gasteiger charge is 2.23. The van der Waals surface area contributed by atoms with Gasteiger partial charge in [0, 0.05) is 29.2 Å². The van der Waals surface area contributed by atoms with Crippen molar-refractivity contribution in [3.63, 3.8) is 0 Å². The topological polar surface area (TPSA) is 110 Å². The van der Waals surface area contributed by atoms with Gasteiger partial charge in [0.25, 0.3) is 5.91 Å². The van der Waals surface area contributed by atoms with Gasteiger partial charge in [-0.2, -0.15) is 0 Å². The van der Waals surface area contributed by atoms with Gasteiger partial charge in [0.15, 0.2) is 11.6 Å². The Bertz CT molecular complexity index is 1160. The molecular formula is C26H29ClN4O3. The average Bonchev–Trinajstić information content (AvgIpc) is 2.83. The van der Waals surface area contributed by atoms with Gasteiger partial charge in [-0.15, -0.1) is 0 Å². The molecule has 1 aliphatic rings. The second kappa shape index (κ2) is 10.8. The number of rotatable bonds is 7. The highest BCUT2D eigenvalue weighted by atomic mass is 35.5. The third-order valence-corrected chi connectivity index (χ3v) is 6.18. The Balaban J connectivity index is 1.42. The van der Waals surface area contributed by atoms with Crippen LogP contribution in [0.25, 0.3) is 0 Å². The third-order valence-electron chi connectivity index (χ3n) is 5.97. The fourth-order valence-electron chi connectivity index (χ4n) is 4.10. The van der Waals surface area contributed by atoms with Gasteiger partial charge in [-0.05, 0) is 55.7 Å². The van der Waals surface area contributed by atoms with E-state index >= 15 is 0 Å². The monoisotopic (exact) mass is 480 g/mol. The number of hydrogen-bond donors (Lipinski definition) is 4. The number of aliphatic hydroxyl groups is 1. The van der Waals surface area contributed by atoms with Crippen molar-refractivity contribution < 1.29 is 14.6 Å². The van der Waals surface area contributed by atoms with Gasteiger partial charge < -0.3 is 26.2 Å². The number of halogens is 1. The second-order valence-electron chi connectivity index (χ2n) is 8.56. The van der Waals surface area contributed by atoms with E-state index in [4.69, 9.17) is 22.1 Å². The van der Waals surface area contributed by atoms with E-state index in [-0.39, 0.29) is 30.0 Å². The lowest BCUT2D eigenvalue weighted by atomic mass is 9.92. The van der Waals surface area contributed by atoms with E-state index in [9.17, 15) is 9.90 Å². The number of aliphatic hydroxyl groups excluding tert-OH is 1. The quantitative estimate of drug-likeness (QED) is 0.359. The summed E-state index contributed by atoms with van der Waals surface area (Å²) in [6.45, 7) is 1.89. The van der Waals surface area contributed by atoms with Crippen molar-refractivity contribution in [2.45, 2.75) is 50.9 Å². The largest absolute Gasteiger partial charge is 0.482 e. The number of amides is 1. The van der Waals surface area contributed by atoms with E-state index in [1.165, 1.54) is 6.20 Å². The molecule has 4 rings (SSSR count). The zero-order valence-electron chi connectivity index (χ0n) is 19.0. The first kappa shape index (κ1) is 23.9. The van der Waals surface area contributed by atoms with Gasteiger partial charge in [0.1, 0.15) is 6.10 Å². The maximum absolute atomic E-state index is 12.9. The number of nitrogens with one attached hydrogen (secondary N) is 2. The molecule has 178 valence electrons. The molecule has 1 aromatic heterocycles. The van der Waals surface area contributed by atoms with Crippen molar-refractivity contribution in [3.05, 3.63) is 76.9 Å². The zero-order valence-corrected chi connectivity index (χ0v) is 19.8. The van der Waals surface area contributed by atoms with Crippen LogP contribution in [0.4, 0.5) is 17.2 Å². The van der Waals surface area contributed by atoms with Crippen molar-refractivity contribution >= 4 is 34.7 Å². The van der Waals surface area contributed by atoms with Gasteiger partial charge in [-0.1, -0.05) is 42.6 Å². The van der Waals surface area contributed by atoms with E-state index in [0.717, 1.165) is 36.9 Å². The molecule has 34 heavy (non-hydrogen) atoms. The van der Waals surface area contributed by atoms with Gasteiger partial charge in [-0.25, -0.2) is 4.98 Å². The molecule has 3 aromatic rings. The maximum Gasteiger partial charge on any atom is 0.255 e. The first-order chi connectivity index (χ1) is 16.4. The van der Waals surface area contributed by atoms with Crippen molar-refractivity contribution in [1.82, 2.24) is 4.98 Å². The van der Waals surface area contributed by atoms with Crippen LogP contribution in [0.3, 0.4) is 0 Å². The molecule has 1 saturated carbocycles. The molecule has 0 bridgehead atoms. The normalized spacial score (nSPS) is 18.7. The zero-order chi connectivity index (χ0) is 24.1. The molecule has 5 N–H and O–H groups in total. The molecule has 1 aliphatic carbocycles. The van der Waals surface area contributed by atoms with Crippen LogP contribution in [0.2, 0.25) is 5.02 Å². The molecule has 1 heterocycles. The fourth-order valence-corrected chi connectivity index (χ4v) is 4.25. The Hall–Kier alpha value is -3.29. The summed E-state index contributed by atoms with van der Waals surface area (Å²) < 4.78 is 5.94. The van der Waals surface area contributed by atoms with Crippen LogP contribution in [0, 0.1) is 0 Å². The summed E-state index contributed by atoms with van der Waals surface area (Å²) in [5, 5.41) is 17.0. The molecule has 3 atom stereocenters. The summed E-state index contributed by atoms with van der Waals surface area (Å²) in [5.74, 6) is 0.443. The summed E-state index contributed by atoms with van der Waals surface area (Å²) >= 11 is 6.00. The van der Waals surface area contributed by atoms with Crippen LogP contribution >= 0.6 is 11.6 Å². The minimum Gasteiger partial charge on any atom is -0.482 e. The van der Waals surface area contributed by atoms with Gasteiger partial charge >= 0.3 is 0 Å². The minimum atomic E-state index is -0.365. The van der Waals surface area contributed by atoms with Gasteiger partial charge in [0.2, 0.25) is 0 Å². The Labute approximate surface area is 204 Å². The van der Waals surface area contributed by atoms with Crippen LogP contribution < -0.4 is 21.1 Å². The van der Waals surface area contributed by atoms with Crippen LogP contribution in [0.1, 0.15) is 54.6 Å². The lowest BCUT2D eigenvalue weighted by Gasteiger charge is -2.29. The van der Waals surface area contributed by atoms with Crippen LogP contribution in [0.5, 0.6) is 5.75 Å². The number of hydrogen-bond acceptors (Lipinski definition) is 6. The molecule has 1 fully saturated rings. The number of nitrogen functional groups attached to an aromatic ring is 1. The lowest BCUT2D eigenvalue weighted by Crippen LogP contribution is -2.36. The molecule has 0 saturated heterocycles. The lowest BCUT2D eigenvalue weighted by molar-refractivity contribution is 0.102. The summed E-state index contributed by atoms with van der Waals surface area (Å²) in [6.07, 6.45) is 4.62. The van der Waals surface area contributed by atoms with Crippen LogP contribution in [-0.2, 0) is 0 Å². The SMILES string of the molecule is CC(Oc1cc(Cl)cnc1N)c1cccc(NC(=O)c2cccc(NC3CCCCC3O)c2)c1. The number of pyridine rings is 1. The van der Waals surface area contributed by atoms with E-state index in [2.05, 4.69) is 15.6 Å². The Morgan fingerprint density at radius 1 is 1.15 bits per heavy atom. The van der Waals surface area contributed by atoms with Crippen LogP contribution in [-0.4, -0.2) is 28.1 Å². The minimum absolute atomic E-state index is 0.00830. The first-order valence-electron chi connectivity index (χ1n) is 11.4. The highest BCUT2D eigenvalue weighted by Crippen LogP contribution is 2.29. The van der Waals surface area contributed by atoms with Crippen molar-refractivity contribution in [2.24, 2.45) is 0 Å². The molecule has 1 amide bonds. The second-order valence-corrected chi connectivity index (χ2v) is 9.00. The molecule has 8 heteroatoms. The molecular weight excluding hydrogens is 452 g/mol. The van der Waals surface area contributed by atoms with E-state index in [1.807, 2.05) is 43.3 Å². The van der Waals surface area contributed by atoms with E-state index in [0.29, 0.717) is 22.0 Å². The summed E-state index contributed by atoms with van der Waals surface area (Å²) in [6, 6.07) is 16.4. The highest BCUT2D eigenvalue weighted by molar-refractivity contribution is 6.30. The fraction of sp³-hybridized carbons (Fsp3) is 0.308. The average molecular weight is 481 g/mol. The van der Waals surface area contributed by atoms with Crippen molar-refractivity contribution in [3.8, 4) is 5.75 Å². The standard InChI is InChI=1S/C26H29ClN4O3/c1-16(34-24-14-19(27)15-29-25(24)28)17-6-4-9-21(12-17)31-26(33)18-7-5-8-20(13-18)30-22-10-2-3-11-23(22)32/h4-9,12-16,22-23,30,32H,2-3,10-11H2,1H3,(H2,28,29)(H,31,33). The Morgan fingerprint density at radius 3 is 2.74 bits per heavy atom. The molecule has 0 radical (unpaired) electrons. The van der Waals surface area contributed by atoms with Gasteiger partial charge in [0.05, 0.1) is 17.2 Å². The van der Waals surface area contributed by atoms with Crippen LogP contribution in [0.15, 0.2) is 60.8 Å². The number of ether oxygens (including phenoxy) is 1. The molecule has 3 unspecified atom stereocenters. The summed E-state index contributed by atoms with van der Waals surface area (Å²) in [5.41, 5.74) is 8.75. The summed E-state index contributed by atoms with van der Waals surface area (Å²) in [7, 11) is 0. The number of benzene rings is 2. The van der Waals surface area contributed by atoms with E-state index in [1.54, 1.807) is 18.2 Å². The Kier molecular flexibility index (Phi) is 7.55.